The van der Waals surface area contributed by atoms with Crippen molar-refractivity contribution >= 4 is 16.8 Å². The van der Waals surface area contributed by atoms with Crippen molar-refractivity contribution in [2.45, 2.75) is 18.9 Å². The van der Waals surface area contributed by atoms with E-state index in [-0.39, 0.29) is 5.91 Å². The number of benzene rings is 2. The van der Waals surface area contributed by atoms with Crippen LogP contribution in [0.1, 0.15) is 23.7 Å². The summed E-state index contributed by atoms with van der Waals surface area (Å²) in [5, 5.41) is 3.92. The molecule has 4 N–H and O–H groups in total. The Balaban J connectivity index is 1.55. The Morgan fingerprint density at radius 3 is 2.63 bits per heavy atom. The largest absolute Gasteiger partial charge is 0.497 e. The topological polar surface area (TPSA) is 89.4 Å². The number of carbonyl (C=O) groups excluding carboxylic acids is 1. The van der Waals surface area contributed by atoms with E-state index < -0.39 is 6.04 Å². The summed E-state index contributed by atoms with van der Waals surface area (Å²) in [6.07, 6.45) is 1.61. The van der Waals surface area contributed by atoms with Crippen molar-refractivity contribution < 1.29 is 14.3 Å². The van der Waals surface area contributed by atoms with Crippen molar-refractivity contribution in [1.29, 1.82) is 0 Å². The highest BCUT2D eigenvalue weighted by Gasteiger charge is 2.14. The zero-order valence-electron chi connectivity index (χ0n) is 15.6. The number of aromatic amines is 1. The molecule has 1 unspecified atom stereocenters. The number of aryl methyl sites for hydroxylation is 1. The van der Waals surface area contributed by atoms with Crippen LogP contribution in [0, 0.1) is 0 Å². The van der Waals surface area contributed by atoms with Crippen LogP contribution in [0.2, 0.25) is 0 Å². The predicted molar refractivity (Wildman–Crippen MR) is 106 cm³/mol. The Bertz CT molecular complexity index is 906. The van der Waals surface area contributed by atoms with Crippen LogP contribution in [-0.2, 0) is 11.2 Å². The molecular weight excluding hydrogens is 342 g/mol. The summed E-state index contributed by atoms with van der Waals surface area (Å²) in [5.74, 6) is 1.35. The molecule has 0 saturated heterocycles. The van der Waals surface area contributed by atoms with E-state index >= 15 is 0 Å². The third-order valence-electron chi connectivity index (χ3n) is 4.55. The fourth-order valence-electron chi connectivity index (χ4n) is 3.07. The van der Waals surface area contributed by atoms with Gasteiger partial charge >= 0.3 is 0 Å². The van der Waals surface area contributed by atoms with Gasteiger partial charge < -0.3 is 25.5 Å². The van der Waals surface area contributed by atoms with Gasteiger partial charge in [-0.3, -0.25) is 4.79 Å². The average molecular weight is 367 g/mol. The first-order valence-electron chi connectivity index (χ1n) is 8.94. The Morgan fingerprint density at radius 2 is 1.93 bits per heavy atom. The summed E-state index contributed by atoms with van der Waals surface area (Å²) in [5.41, 5.74) is 8.86. The number of carbonyl (C=O) groups is 1. The summed E-state index contributed by atoms with van der Waals surface area (Å²) in [6.45, 7) is 0.565. The molecule has 3 rings (SSSR count). The maximum atomic E-state index is 12.2. The molecule has 0 fully saturated rings. The molecule has 3 aromatic rings. The highest BCUT2D eigenvalue weighted by Crippen LogP contribution is 2.31. The van der Waals surface area contributed by atoms with E-state index in [0.717, 1.165) is 46.5 Å². The number of hydrogen-bond donors (Lipinski definition) is 3. The fourth-order valence-corrected chi connectivity index (χ4v) is 3.07. The van der Waals surface area contributed by atoms with Gasteiger partial charge in [0, 0.05) is 29.8 Å². The smallest absolute Gasteiger partial charge is 0.241 e. The van der Waals surface area contributed by atoms with Gasteiger partial charge in [-0.15, -0.1) is 0 Å². The van der Waals surface area contributed by atoms with Gasteiger partial charge in [-0.05, 0) is 24.5 Å². The number of rotatable bonds is 8. The lowest BCUT2D eigenvalue weighted by Gasteiger charge is -2.12. The average Bonchev–Trinajstić information content (AvgIpc) is 3.13. The Kier molecular flexibility index (Phi) is 5.98. The number of ether oxygens (including phenoxy) is 2. The molecule has 0 spiro atoms. The van der Waals surface area contributed by atoms with Gasteiger partial charge in [-0.25, -0.2) is 0 Å². The van der Waals surface area contributed by atoms with Crippen LogP contribution >= 0.6 is 0 Å². The Morgan fingerprint density at radius 1 is 1.15 bits per heavy atom. The van der Waals surface area contributed by atoms with Crippen molar-refractivity contribution in [2.75, 3.05) is 20.8 Å². The van der Waals surface area contributed by atoms with Crippen LogP contribution in [0.5, 0.6) is 11.5 Å². The van der Waals surface area contributed by atoms with E-state index in [4.69, 9.17) is 15.2 Å². The van der Waals surface area contributed by atoms with Crippen molar-refractivity contribution in [3.8, 4) is 11.5 Å². The van der Waals surface area contributed by atoms with Crippen LogP contribution in [0.3, 0.4) is 0 Å². The van der Waals surface area contributed by atoms with Crippen LogP contribution in [-0.4, -0.2) is 31.7 Å². The number of fused-ring (bicyclic) bond motifs is 1. The molecule has 0 aliphatic rings. The lowest BCUT2D eigenvalue weighted by molar-refractivity contribution is -0.122. The number of nitrogens with two attached hydrogens (primary N) is 1. The van der Waals surface area contributed by atoms with Crippen LogP contribution in [0.15, 0.2) is 48.5 Å². The van der Waals surface area contributed by atoms with Crippen molar-refractivity contribution in [3.63, 3.8) is 0 Å². The molecular formula is C21H25N3O3. The molecule has 1 atom stereocenters. The zero-order chi connectivity index (χ0) is 19.2. The third kappa shape index (κ3) is 4.41. The van der Waals surface area contributed by atoms with E-state index in [9.17, 15) is 4.79 Å². The standard InChI is InChI=1S/C21H25N3O3/c1-26-16-12-18-17(19(13-16)27-2)11-15(24-18)9-6-10-23-21(25)20(22)14-7-4-3-5-8-14/h3-5,7-8,11-13,20,24H,6,9-10,22H2,1-2H3,(H,23,25). The molecule has 0 aliphatic carbocycles. The summed E-state index contributed by atoms with van der Waals surface area (Å²) in [4.78, 5) is 15.6. The first-order valence-corrected chi connectivity index (χ1v) is 8.94. The molecule has 6 heteroatoms. The number of amides is 1. The van der Waals surface area contributed by atoms with E-state index in [0.29, 0.717) is 6.54 Å². The van der Waals surface area contributed by atoms with E-state index in [1.165, 1.54) is 0 Å². The SMILES string of the molecule is COc1cc(OC)c2cc(CCCNC(=O)C(N)c3ccccc3)[nH]c2c1. The second kappa shape index (κ2) is 8.60. The molecule has 1 aromatic heterocycles. The molecule has 27 heavy (non-hydrogen) atoms. The van der Waals surface area contributed by atoms with Gasteiger partial charge in [0.15, 0.2) is 0 Å². The number of H-pyrrole nitrogens is 1. The van der Waals surface area contributed by atoms with Gasteiger partial charge in [0.25, 0.3) is 0 Å². The minimum Gasteiger partial charge on any atom is -0.497 e. The van der Waals surface area contributed by atoms with Crippen LogP contribution in [0.4, 0.5) is 0 Å². The number of methoxy groups -OCH3 is 2. The maximum Gasteiger partial charge on any atom is 0.241 e. The number of hydrogen-bond acceptors (Lipinski definition) is 4. The molecule has 1 amide bonds. The first-order chi connectivity index (χ1) is 13.1. The minimum absolute atomic E-state index is 0.163. The monoisotopic (exact) mass is 367 g/mol. The normalized spacial score (nSPS) is 12.0. The van der Waals surface area contributed by atoms with Crippen molar-refractivity contribution in [3.05, 3.63) is 59.8 Å². The maximum absolute atomic E-state index is 12.2. The van der Waals surface area contributed by atoms with Crippen LogP contribution in [0.25, 0.3) is 10.9 Å². The van der Waals surface area contributed by atoms with Crippen molar-refractivity contribution in [1.82, 2.24) is 10.3 Å². The molecule has 0 aliphatic heterocycles. The summed E-state index contributed by atoms with van der Waals surface area (Å²) in [6, 6.07) is 14.6. The molecule has 0 saturated carbocycles. The second-order valence-electron chi connectivity index (χ2n) is 6.37. The van der Waals surface area contributed by atoms with E-state index in [2.05, 4.69) is 16.4 Å². The predicted octanol–water partition coefficient (Wildman–Crippen LogP) is 2.93. The summed E-state index contributed by atoms with van der Waals surface area (Å²) < 4.78 is 10.7. The first kappa shape index (κ1) is 18.8. The third-order valence-corrected chi connectivity index (χ3v) is 4.55. The highest BCUT2D eigenvalue weighted by atomic mass is 16.5. The molecule has 0 bridgehead atoms. The van der Waals surface area contributed by atoms with Gasteiger partial charge in [0.05, 0.1) is 19.7 Å². The van der Waals surface area contributed by atoms with E-state index in [1.54, 1.807) is 14.2 Å². The van der Waals surface area contributed by atoms with Gasteiger partial charge in [-0.1, -0.05) is 30.3 Å². The molecule has 0 radical (unpaired) electrons. The summed E-state index contributed by atoms with van der Waals surface area (Å²) in [7, 11) is 3.28. The Hall–Kier alpha value is -2.99. The zero-order valence-corrected chi connectivity index (χ0v) is 15.6. The fraction of sp³-hybridized carbons (Fsp3) is 0.286. The van der Waals surface area contributed by atoms with Gasteiger partial charge in [0.1, 0.15) is 17.5 Å². The molecule has 1 heterocycles. The Labute approximate surface area is 158 Å². The molecule has 142 valence electrons. The van der Waals surface area contributed by atoms with Gasteiger partial charge in [0.2, 0.25) is 5.91 Å². The number of aromatic nitrogens is 1. The van der Waals surface area contributed by atoms with Crippen molar-refractivity contribution in [2.24, 2.45) is 5.73 Å². The number of nitrogens with one attached hydrogen (secondary N) is 2. The molecule has 6 nitrogen and oxygen atoms in total. The van der Waals surface area contributed by atoms with E-state index in [1.807, 2.05) is 42.5 Å². The summed E-state index contributed by atoms with van der Waals surface area (Å²) >= 11 is 0. The minimum atomic E-state index is -0.643. The molecule has 2 aromatic carbocycles. The van der Waals surface area contributed by atoms with Crippen LogP contribution < -0.4 is 20.5 Å². The van der Waals surface area contributed by atoms with Gasteiger partial charge in [-0.2, -0.15) is 0 Å². The highest BCUT2D eigenvalue weighted by molar-refractivity contribution is 5.88. The quantitative estimate of drug-likeness (QED) is 0.534. The lowest BCUT2D eigenvalue weighted by Crippen LogP contribution is -2.34. The lowest BCUT2D eigenvalue weighted by atomic mass is 10.1. The second-order valence-corrected chi connectivity index (χ2v) is 6.37.